The topological polar surface area (TPSA) is 27.6 Å². The molecular weight excluding hydrogens is 254 g/mol. The molecule has 2 atom stereocenters. The highest BCUT2D eigenvalue weighted by Gasteiger charge is 2.21. The lowest BCUT2D eigenvalue weighted by Gasteiger charge is -2.20. The number of aliphatic imine (C=N–C) groups is 1. The molecule has 1 N–H and O–H groups in total. The van der Waals surface area contributed by atoms with Gasteiger partial charge in [0.25, 0.3) is 0 Å². The van der Waals surface area contributed by atoms with Crippen molar-refractivity contribution in [3.8, 4) is 0 Å². The molecule has 1 fully saturated rings. The molecule has 0 radical (unpaired) electrons. The molecule has 2 heterocycles. The molecule has 0 aromatic rings. The maximum atomic E-state index is 4.63. The van der Waals surface area contributed by atoms with Crippen molar-refractivity contribution in [1.29, 1.82) is 0 Å². The molecule has 0 aromatic heterocycles. The second kappa shape index (κ2) is 7.53. The van der Waals surface area contributed by atoms with Crippen LogP contribution in [0.15, 0.2) is 4.99 Å². The molecule has 19 heavy (non-hydrogen) atoms. The Morgan fingerprint density at radius 3 is 2.74 bits per heavy atom. The smallest absolute Gasteiger partial charge is 0.156 e. The fraction of sp³-hybridized carbons (Fsp3) is 0.933. The summed E-state index contributed by atoms with van der Waals surface area (Å²) in [6.45, 7) is 12.8. The van der Waals surface area contributed by atoms with Gasteiger partial charge >= 0.3 is 0 Å². The van der Waals surface area contributed by atoms with Crippen molar-refractivity contribution >= 4 is 16.9 Å². The average Bonchev–Trinajstić information content (AvgIpc) is 2.97. The van der Waals surface area contributed by atoms with Gasteiger partial charge in [0.1, 0.15) is 0 Å². The molecule has 0 spiro atoms. The predicted molar refractivity (Wildman–Crippen MR) is 86.0 cm³/mol. The number of hydrogen-bond acceptors (Lipinski definition) is 4. The van der Waals surface area contributed by atoms with E-state index in [0.29, 0.717) is 11.2 Å². The van der Waals surface area contributed by atoms with Gasteiger partial charge in [-0.15, -0.1) is 0 Å². The summed E-state index contributed by atoms with van der Waals surface area (Å²) < 4.78 is 0. The number of likely N-dealkylation sites (tertiary alicyclic amines) is 1. The van der Waals surface area contributed by atoms with Gasteiger partial charge < -0.3 is 10.2 Å². The Hall–Kier alpha value is -0.220. The molecule has 0 aliphatic carbocycles. The summed E-state index contributed by atoms with van der Waals surface area (Å²) in [5, 5.41) is 5.43. The summed E-state index contributed by atoms with van der Waals surface area (Å²) in [6.07, 6.45) is 4.06. The van der Waals surface area contributed by atoms with E-state index in [4.69, 9.17) is 0 Å². The van der Waals surface area contributed by atoms with Crippen LogP contribution in [0.1, 0.15) is 40.0 Å². The molecule has 0 amide bonds. The van der Waals surface area contributed by atoms with E-state index in [0.717, 1.165) is 19.0 Å². The zero-order valence-corrected chi connectivity index (χ0v) is 13.5. The van der Waals surface area contributed by atoms with E-state index in [-0.39, 0.29) is 0 Å². The van der Waals surface area contributed by atoms with Gasteiger partial charge in [-0.2, -0.15) is 0 Å². The quantitative estimate of drug-likeness (QED) is 0.812. The summed E-state index contributed by atoms with van der Waals surface area (Å²) >= 11 is 1.95. The molecule has 4 heteroatoms. The minimum atomic E-state index is 0.705. The van der Waals surface area contributed by atoms with E-state index in [1.807, 2.05) is 11.8 Å². The maximum Gasteiger partial charge on any atom is 0.156 e. The van der Waals surface area contributed by atoms with E-state index in [1.165, 1.54) is 44.1 Å². The summed E-state index contributed by atoms with van der Waals surface area (Å²) in [5.74, 6) is 1.49. The van der Waals surface area contributed by atoms with Crippen molar-refractivity contribution in [3.05, 3.63) is 0 Å². The Morgan fingerprint density at radius 2 is 2.05 bits per heavy atom. The molecular formula is C15H29N3S. The molecule has 2 rings (SSSR count). The molecule has 110 valence electrons. The number of amidine groups is 1. The monoisotopic (exact) mass is 283 g/mol. The molecule has 0 saturated carbocycles. The highest BCUT2D eigenvalue weighted by atomic mass is 32.2. The predicted octanol–water partition coefficient (Wildman–Crippen LogP) is 2.83. The second-order valence-corrected chi connectivity index (χ2v) is 7.80. The van der Waals surface area contributed by atoms with Gasteiger partial charge in [-0.05, 0) is 44.2 Å². The third kappa shape index (κ3) is 5.35. The fourth-order valence-electron chi connectivity index (χ4n) is 2.90. The van der Waals surface area contributed by atoms with Crippen LogP contribution in [-0.4, -0.2) is 48.0 Å². The van der Waals surface area contributed by atoms with Crippen LogP contribution in [0.4, 0.5) is 0 Å². The summed E-state index contributed by atoms with van der Waals surface area (Å²) in [6, 6.07) is 0. The van der Waals surface area contributed by atoms with Crippen molar-refractivity contribution in [1.82, 2.24) is 10.2 Å². The van der Waals surface area contributed by atoms with Crippen molar-refractivity contribution in [2.45, 2.75) is 45.3 Å². The first-order chi connectivity index (χ1) is 9.13. The van der Waals surface area contributed by atoms with E-state index < -0.39 is 0 Å². The van der Waals surface area contributed by atoms with E-state index in [1.54, 1.807) is 0 Å². The number of rotatable bonds is 6. The van der Waals surface area contributed by atoms with Crippen LogP contribution in [-0.2, 0) is 0 Å². The Labute approximate surface area is 122 Å². The fourth-order valence-corrected chi connectivity index (χ4v) is 4.16. The lowest BCUT2D eigenvalue weighted by atomic mass is 10.1. The lowest BCUT2D eigenvalue weighted by Crippen LogP contribution is -2.33. The Bertz CT molecular complexity index is 298. The van der Waals surface area contributed by atoms with Gasteiger partial charge in [-0.1, -0.05) is 32.5 Å². The van der Waals surface area contributed by atoms with Gasteiger partial charge in [0.05, 0.1) is 6.54 Å². The minimum Gasteiger partial charge on any atom is -0.365 e. The Kier molecular flexibility index (Phi) is 6.02. The van der Waals surface area contributed by atoms with Gasteiger partial charge in [0.2, 0.25) is 0 Å². The summed E-state index contributed by atoms with van der Waals surface area (Å²) in [5.41, 5.74) is 0. The van der Waals surface area contributed by atoms with E-state index >= 15 is 0 Å². The SMILES string of the molecule is CC(C)CC1CN=C(NCC(C)CN2CCCC2)S1. The van der Waals surface area contributed by atoms with Crippen LogP contribution in [0.5, 0.6) is 0 Å². The van der Waals surface area contributed by atoms with Crippen LogP contribution >= 0.6 is 11.8 Å². The summed E-state index contributed by atoms with van der Waals surface area (Å²) in [4.78, 5) is 7.22. The second-order valence-electron chi connectivity index (χ2n) is 6.51. The van der Waals surface area contributed by atoms with Crippen LogP contribution in [0.3, 0.4) is 0 Å². The van der Waals surface area contributed by atoms with Gasteiger partial charge in [-0.3, -0.25) is 4.99 Å². The average molecular weight is 283 g/mol. The third-order valence-electron chi connectivity index (χ3n) is 3.82. The molecule has 0 aromatic carbocycles. The normalized spacial score (nSPS) is 25.9. The number of hydrogen-bond donors (Lipinski definition) is 1. The maximum absolute atomic E-state index is 4.63. The Balaban J connectivity index is 1.60. The van der Waals surface area contributed by atoms with Crippen molar-refractivity contribution in [2.75, 3.05) is 32.7 Å². The molecule has 1 saturated heterocycles. The van der Waals surface area contributed by atoms with Crippen molar-refractivity contribution in [3.63, 3.8) is 0 Å². The van der Waals surface area contributed by atoms with Gasteiger partial charge in [0, 0.05) is 18.3 Å². The highest BCUT2D eigenvalue weighted by Crippen LogP contribution is 2.25. The zero-order valence-electron chi connectivity index (χ0n) is 12.7. The molecule has 3 nitrogen and oxygen atoms in total. The first-order valence-electron chi connectivity index (χ1n) is 7.81. The van der Waals surface area contributed by atoms with Crippen molar-refractivity contribution in [2.24, 2.45) is 16.8 Å². The minimum absolute atomic E-state index is 0.705. The molecule has 2 aliphatic heterocycles. The molecule has 2 aliphatic rings. The third-order valence-corrected chi connectivity index (χ3v) is 4.99. The largest absolute Gasteiger partial charge is 0.365 e. The highest BCUT2D eigenvalue weighted by molar-refractivity contribution is 8.14. The van der Waals surface area contributed by atoms with Crippen LogP contribution in [0.25, 0.3) is 0 Å². The first kappa shape index (κ1) is 15.2. The van der Waals surface area contributed by atoms with Crippen LogP contribution in [0.2, 0.25) is 0 Å². The lowest BCUT2D eigenvalue weighted by molar-refractivity contribution is 0.288. The van der Waals surface area contributed by atoms with E-state index in [9.17, 15) is 0 Å². The van der Waals surface area contributed by atoms with Gasteiger partial charge in [0.15, 0.2) is 5.17 Å². The summed E-state index contributed by atoms with van der Waals surface area (Å²) in [7, 11) is 0. The first-order valence-corrected chi connectivity index (χ1v) is 8.68. The number of nitrogens with zero attached hydrogens (tertiary/aromatic N) is 2. The molecule has 0 bridgehead atoms. The van der Waals surface area contributed by atoms with E-state index in [2.05, 4.69) is 36.0 Å². The van der Waals surface area contributed by atoms with Crippen molar-refractivity contribution < 1.29 is 0 Å². The standard InChI is InChI=1S/C15H29N3S/c1-12(2)8-14-10-17-15(19-14)16-9-13(3)11-18-6-4-5-7-18/h12-14H,4-11H2,1-3H3,(H,16,17). The van der Waals surface area contributed by atoms with Crippen LogP contribution in [0, 0.1) is 11.8 Å². The zero-order chi connectivity index (χ0) is 13.7. The van der Waals surface area contributed by atoms with Crippen LogP contribution < -0.4 is 5.32 Å². The Morgan fingerprint density at radius 1 is 1.32 bits per heavy atom. The number of thioether (sulfide) groups is 1. The molecule has 2 unspecified atom stereocenters. The number of nitrogens with one attached hydrogen (secondary N) is 1. The van der Waals surface area contributed by atoms with Gasteiger partial charge in [-0.25, -0.2) is 0 Å².